The van der Waals surface area contributed by atoms with Gasteiger partial charge >= 0.3 is 0 Å². The van der Waals surface area contributed by atoms with E-state index in [0.717, 1.165) is 35.4 Å². The summed E-state index contributed by atoms with van der Waals surface area (Å²) in [5.74, 6) is 0. The smallest absolute Gasteiger partial charge is 0.118 e. The average Bonchev–Trinajstić information content (AvgIpc) is 2.94. The zero-order valence-corrected chi connectivity index (χ0v) is 14.8. The summed E-state index contributed by atoms with van der Waals surface area (Å²) in [5, 5.41) is 8.09. The zero-order valence-electron chi connectivity index (χ0n) is 14.0. The summed E-state index contributed by atoms with van der Waals surface area (Å²) >= 11 is 6.25. The van der Waals surface area contributed by atoms with E-state index >= 15 is 0 Å². The van der Waals surface area contributed by atoms with Gasteiger partial charge in [0.25, 0.3) is 0 Å². The maximum Gasteiger partial charge on any atom is 0.118 e. The molecule has 1 unspecified atom stereocenters. The number of benzene rings is 1. The molecule has 0 radical (unpaired) electrons. The number of rotatable bonds is 4. The van der Waals surface area contributed by atoms with Crippen LogP contribution in [-0.2, 0) is 0 Å². The van der Waals surface area contributed by atoms with E-state index in [0.29, 0.717) is 11.1 Å². The molecular formula is C19H21ClN4. The topological polar surface area (TPSA) is 31.2 Å². The monoisotopic (exact) mass is 340 g/mol. The molecule has 0 spiro atoms. The van der Waals surface area contributed by atoms with Gasteiger partial charge in [0.05, 0.1) is 0 Å². The molecule has 0 aromatic heterocycles. The van der Waals surface area contributed by atoms with E-state index in [9.17, 15) is 0 Å². The molecule has 0 amide bonds. The predicted molar refractivity (Wildman–Crippen MR) is 104 cm³/mol. The van der Waals surface area contributed by atoms with Gasteiger partial charge in [-0.05, 0) is 55.7 Å². The van der Waals surface area contributed by atoms with Gasteiger partial charge in [-0.1, -0.05) is 18.2 Å². The van der Waals surface area contributed by atoms with Gasteiger partial charge in [0.15, 0.2) is 0 Å². The number of allylic oxidation sites excluding steroid dienone is 4. The maximum atomic E-state index is 6.25. The summed E-state index contributed by atoms with van der Waals surface area (Å²) in [6.07, 6.45) is 8.23. The summed E-state index contributed by atoms with van der Waals surface area (Å²) < 4.78 is 0. The lowest BCUT2D eigenvalue weighted by Gasteiger charge is -2.30. The molecule has 1 atom stereocenters. The molecular weight excluding hydrogens is 320 g/mol. The fourth-order valence-electron chi connectivity index (χ4n) is 3.35. The van der Waals surface area contributed by atoms with Crippen molar-refractivity contribution < 1.29 is 0 Å². The van der Waals surface area contributed by atoms with Crippen LogP contribution in [0.15, 0.2) is 58.5 Å². The SMILES string of the molecule is C=N/N=C\N(C)c1ccc(Cl)cc1C1=CC(=C)N2C(=C1)CCC2C. The first-order valence-corrected chi connectivity index (χ1v) is 8.31. The number of anilines is 1. The second-order valence-electron chi connectivity index (χ2n) is 6.13. The van der Waals surface area contributed by atoms with Crippen molar-refractivity contribution in [3.63, 3.8) is 0 Å². The van der Waals surface area contributed by atoms with Gasteiger partial charge in [-0.25, -0.2) is 0 Å². The molecule has 124 valence electrons. The van der Waals surface area contributed by atoms with Gasteiger partial charge in [0.1, 0.15) is 6.34 Å². The number of fused-ring (bicyclic) bond motifs is 1. The summed E-state index contributed by atoms with van der Waals surface area (Å²) in [4.78, 5) is 4.23. The molecule has 2 heterocycles. The Kier molecular flexibility index (Phi) is 4.58. The molecule has 1 aromatic carbocycles. The molecule has 3 rings (SSSR count). The molecule has 1 fully saturated rings. The van der Waals surface area contributed by atoms with Crippen LogP contribution in [0.2, 0.25) is 5.02 Å². The zero-order chi connectivity index (χ0) is 17.3. The van der Waals surface area contributed by atoms with E-state index in [2.05, 4.69) is 47.5 Å². The first-order valence-electron chi connectivity index (χ1n) is 7.93. The van der Waals surface area contributed by atoms with Crippen molar-refractivity contribution in [2.24, 2.45) is 10.2 Å². The Labute approximate surface area is 148 Å². The molecule has 0 bridgehead atoms. The summed E-state index contributed by atoms with van der Waals surface area (Å²) in [6, 6.07) is 6.35. The van der Waals surface area contributed by atoms with E-state index in [4.69, 9.17) is 11.6 Å². The molecule has 4 nitrogen and oxygen atoms in total. The van der Waals surface area contributed by atoms with E-state index in [1.54, 1.807) is 6.34 Å². The van der Waals surface area contributed by atoms with E-state index in [1.165, 1.54) is 5.70 Å². The number of nitrogens with zero attached hydrogens (tertiary/aromatic N) is 4. The lowest BCUT2D eigenvalue weighted by Crippen LogP contribution is -2.25. The third-order valence-electron chi connectivity index (χ3n) is 4.48. The molecule has 2 aliphatic rings. The van der Waals surface area contributed by atoms with Gasteiger partial charge in [0, 0.05) is 47.5 Å². The van der Waals surface area contributed by atoms with Crippen LogP contribution in [0.4, 0.5) is 5.69 Å². The highest BCUT2D eigenvalue weighted by Gasteiger charge is 2.29. The fourth-order valence-corrected chi connectivity index (χ4v) is 3.52. The Morgan fingerprint density at radius 3 is 2.92 bits per heavy atom. The highest BCUT2D eigenvalue weighted by atomic mass is 35.5. The highest BCUT2D eigenvalue weighted by Crippen LogP contribution is 2.40. The number of hydrogen-bond acceptors (Lipinski definition) is 3. The first kappa shape index (κ1) is 16.5. The van der Waals surface area contributed by atoms with Crippen LogP contribution in [0.5, 0.6) is 0 Å². The van der Waals surface area contributed by atoms with Crippen molar-refractivity contribution in [1.82, 2.24) is 4.90 Å². The van der Waals surface area contributed by atoms with Crippen LogP contribution in [0.3, 0.4) is 0 Å². The van der Waals surface area contributed by atoms with Crippen molar-refractivity contribution in [2.45, 2.75) is 25.8 Å². The Morgan fingerprint density at radius 1 is 1.38 bits per heavy atom. The van der Waals surface area contributed by atoms with E-state index < -0.39 is 0 Å². The molecule has 0 saturated carbocycles. The normalized spacial score (nSPS) is 20.0. The second-order valence-corrected chi connectivity index (χ2v) is 6.57. The minimum absolute atomic E-state index is 0.508. The third kappa shape index (κ3) is 3.02. The van der Waals surface area contributed by atoms with Crippen LogP contribution in [0, 0.1) is 0 Å². The lowest BCUT2D eigenvalue weighted by atomic mass is 9.98. The molecule has 5 heteroatoms. The Hall–Kier alpha value is -2.33. The van der Waals surface area contributed by atoms with Crippen molar-refractivity contribution in [1.29, 1.82) is 0 Å². The first-order chi connectivity index (χ1) is 11.5. The molecule has 0 N–H and O–H groups in total. The van der Waals surface area contributed by atoms with Gasteiger partial charge < -0.3 is 9.80 Å². The Morgan fingerprint density at radius 2 is 2.17 bits per heavy atom. The average molecular weight is 341 g/mol. The van der Waals surface area contributed by atoms with Crippen molar-refractivity contribution in [3.05, 3.63) is 58.9 Å². The number of hydrogen-bond donors (Lipinski definition) is 0. The maximum absolute atomic E-state index is 6.25. The van der Waals surface area contributed by atoms with Crippen molar-refractivity contribution in [3.8, 4) is 0 Å². The van der Waals surface area contributed by atoms with Crippen molar-refractivity contribution in [2.75, 3.05) is 11.9 Å². The predicted octanol–water partition coefficient (Wildman–Crippen LogP) is 4.70. The van der Waals surface area contributed by atoms with E-state index in [-0.39, 0.29) is 0 Å². The summed E-state index contributed by atoms with van der Waals surface area (Å²) in [7, 11) is 1.93. The summed E-state index contributed by atoms with van der Waals surface area (Å²) in [6.45, 7) is 9.85. The lowest BCUT2D eigenvalue weighted by molar-refractivity contribution is 0.395. The molecule has 24 heavy (non-hydrogen) atoms. The second kappa shape index (κ2) is 6.65. The molecule has 1 saturated heterocycles. The van der Waals surface area contributed by atoms with Crippen LogP contribution < -0.4 is 4.90 Å². The fraction of sp³-hybridized carbons (Fsp3) is 0.263. The van der Waals surface area contributed by atoms with Gasteiger partial charge in [0.2, 0.25) is 0 Å². The largest absolute Gasteiger partial charge is 0.343 e. The standard InChI is InChI=1S/C19H21ClN4/c1-13-5-7-17-10-15(9-14(2)24(13)17)18-11-16(20)6-8-19(18)23(4)12-22-21-3/h6,8-13H,2-3,5,7H2,1,4H3/b22-12-. The van der Waals surface area contributed by atoms with Crippen LogP contribution in [0.25, 0.3) is 5.57 Å². The van der Waals surface area contributed by atoms with Crippen LogP contribution >= 0.6 is 11.6 Å². The van der Waals surface area contributed by atoms with E-state index in [1.807, 2.05) is 30.1 Å². The minimum Gasteiger partial charge on any atom is -0.343 e. The minimum atomic E-state index is 0.508. The van der Waals surface area contributed by atoms with Crippen LogP contribution in [0.1, 0.15) is 25.3 Å². The molecule has 1 aromatic rings. The third-order valence-corrected chi connectivity index (χ3v) is 4.71. The molecule has 0 aliphatic carbocycles. The Bertz CT molecular complexity index is 776. The highest BCUT2D eigenvalue weighted by molar-refractivity contribution is 6.31. The van der Waals surface area contributed by atoms with Gasteiger partial charge in [-0.2, -0.15) is 5.10 Å². The quantitative estimate of drug-likeness (QED) is 0.452. The Balaban J connectivity index is 2.05. The van der Waals surface area contributed by atoms with Gasteiger partial charge in [-0.3, -0.25) is 0 Å². The summed E-state index contributed by atoms with van der Waals surface area (Å²) in [5.41, 5.74) is 5.52. The molecule has 2 aliphatic heterocycles. The van der Waals surface area contributed by atoms with Crippen molar-refractivity contribution >= 4 is 35.9 Å². The van der Waals surface area contributed by atoms with Gasteiger partial charge in [-0.15, -0.1) is 5.10 Å². The number of halogens is 1. The van der Waals surface area contributed by atoms with Crippen LogP contribution in [-0.4, -0.2) is 31.0 Å².